The van der Waals surface area contributed by atoms with E-state index < -0.39 is 0 Å². The molecule has 0 aliphatic rings. The number of nitrogens with one attached hydrogen (secondary N) is 1. The van der Waals surface area contributed by atoms with Crippen LogP contribution >= 0.6 is 23.1 Å². The number of nitrogens with zero attached hydrogens (tertiary/aromatic N) is 1. The van der Waals surface area contributed by atoms with Gasteiger partial charge in [-0.1, -0.05) is 11.2 Å². The fourth-order valence-electron chi connectivity index (χ4n) is 0.438. The molecule has 0 saturated heterocycles. The van der Waals surface area contributed by atoms with Gasteiger partial charge in [-0.25, -0.2) is 0 Å². The molecule has 0 spiro atoms. The van der Waals surface area contributed by atoms with E-state index in [2.05, 4.69) is 16.8 Å². The van der Waals surface area contributed by atoms with Crippen molar-refractivity contribution in [1.29, 1.82) is 0 Å². The molecule has 0 fully saturated rings. The highest BCUT2D eigenvalue weighted by atomic mass is 32.2. The van der Waals surface area contributed by atoms with E-state index in [9.17, 15) is 0 Å². The number of rotatable bonds is 3. The first-order chi connectivity index (χ1) is 4.83. The Bertz CT molecular complexity index is 220. The van der Waals surface area contributed by atoms with E-state index in [0.29, 0.717) is 5.13 Å². The van der Waals surface area contributed by atoms with Gasteiger partial charge in [-0.2, -0.15) is 0 Å². The van der Waals surface area contributed by atoms with Gasteiger partial charge < -0.3 is 5.73 Å². The quantitative estimate of drug-likeness (QED) is 0.545. The van der Waals surface area contributed by atoms with Crippen LogP contribution in [0.4, 0.5) is 5.13 Å². The van der Waals surface area contributed by atoms with E-state index in [-0.39, 0.29) is 0 Å². The lowest BCUT2D eigenvalue weighted by Gasteiger charge is -1.79. The molecule has 54 valence electrons. The Morgan fingerprint density at radius 1 is 1.90 bits per heavy atom. The average Bonchev–Trinajstić information content (AvgIpc) is 2.31. The fraction of sp³-hybridized carbons (Fsp3) is 0.200. The van der Waals surface area contributed by atoms with Gasteiger partial charge in [0.05, 0.1) is 0 Å². The molecule has 1 aromatic heterocycles. The monoisotopic (exact) mass is 174 g/mol. The minimum atomic E-state index is 0.576. The van der Waals surface area contributed by atoms with E-state index in [1.54, 1.807) is 11.8 Å². The molecule has 0 atom stereocenters. The van der Waals surface area contributed by atoms with Crippen LogP contribution in [0.5, 0.6) is 0 Å². The summed E-state index contributed by atoms with van der Waals surface area (Å²) in [4.78, 5) is 0. The maximum Gasteiger partial charge on any atom is 0.324 e. The lowest BCUT2D eigenvalue weighted by atomic mass is 10.8. The van der Waals surface area contributed by atoms with Gasteiger partial charge in [0.2, 0.25) is 0 Å². The number of H-pyrrole nitrogens is 1. The van der Waals surface area contributed by atoms with Gasteiger partial charge in [-0.3, -0.25) is 0 Å². The molecule has 0 aliphatic carbocycles. The zero-order valence-electron chi connectivity index (χ0n) is 5.33. The molecule has 3 N–H and O–H groups in total. The number of thioether (sulfide) groups is 1. The summed E-state index contributed by atoms with van der Waals surface area (Å²) in [5.74, 6) is 0.887. The zero-order chi connectivity index (χ0) is 7.40. The Hall–Kier alpha value is -0.550. The second-order valence-electron chi connectivity index (χ2n) is 1.55. The van der Waals surface area contributed by atoms with E-state index in [0.717, 1.165) is 10.1 Å². The summed E-state index contributed by atoms with van der Waals surface area (Å²) in [5.41, 5.74) is 5.39. The lowest BCUT2D eigenvalue weighted by Crippen LogP contribution is -2.04. The second kappa shape index (κ2) is 3.58. The van der Waals surface area contributed by atoms with E-state index in [1.807, 2.05) is 6.08 Å². The largest absolute Gasteiger partial charge is 0.370 e. The molecule has 1 rings (SSSR count). The molecule has 0 aliphatic heterocycles. The highest BCUT2D eigenvalue weighted by Crippen LogP contribution is 2.19. The summed E-state index contributed by atoms with van der Waals surface area (Å²) < 4.78 is 1.03. The third-order valence-electron chi connectivity index (χ3n) is 0.787. The van der Waals surface area contributed by atoms with Crippen molar-refractivity contribution in [2.75, 3.05) is 11.5 Å². The fourth-order valence-corrected chi connectivity index (χ4v) is 1.89. The zero-order valence-corrected chi connectivity index (χ0v) is 6.97. The SMILES string of the molecule is C=CCSc1[nH+]nc(N)s1. The number of anilines is 1. The molecule has 0 unspecified atom stereocenters. The van der Waals surface area contributed by atoms with Gasteiger partial charge in [0, 0.05) is 10.9 Å². The van der Waals surface area contributed by atoms with E-state index in [4.69, 9.17) is 5.73 Å². The highest BCUT2D eigenvalue weighted by molar-refractivity contribution is 8.01. The van der Waals surface area contributed by atoms with E-state index >= 15 is 0 Å². The lowest BCUT2D eigenvalue weighted by molar-refractivity contribution is -0.487. The Kier molecular flexibility index (Phi) is 2.70. The number of hydrogen-bond acceptors (Lipinski definition) is 4. The molecule has 3 nitrogen and oxygen atoms in total. The van der Waals surface area contributed by atoms with Crippen molar-refractivity contribution in [2.24, 2.45) is 0 Å². The normalized spacial score (nSPS) is 9.60. The summed E-state index contributed by atoms with van der Waals surface area (Å²) in [5, 5.41) is 7.16. The van der Waals surface area contributed by atoms with Gasteiger partial charge in [0.15, 0.2) is 0 Å². The predicted octanol–water partition coefficient (Wildman–Crippen LogP) is 0.818. The van der Waals surface area contributed by atoms with E-state index in [1.165, 1.54) is 11.3 Å². The number of hydrogen-bond donors (Lipinski definition) is 1. The molecule has 0 saturated carbocycles. The van der Waals surface area contributed by atoms with Crippen LogP contribution in [0.1, 0.15) is 0 Å². The van der Waals surface area contributed by atoms with Gasteiger partial charge in [-0.05, 0) is 23.1 Å². The van der Waals surface area contributed by atoms with Crippen LogP contribution in [0.15, 0.2) is 17.0 Å². The highest BCUT2D eigenvalue weighted by Gasteiger charge is 2.06. The first-order valence-electron chi connectivity index (χ1n) is 2.70. The van der Waals surface area contributed by atoms with Crippen molar-refractivity contribution in [3.05, 3.63) is 12.7 Å². The smallest absolute Gasteiger partial charge is 0.324 e. The van der Waals surface area contributed by atoms with Gasteiger partial charge >= 0.3 is 4.34 Å². The topological polar surface area (TPSA) is 53.0 Å². The van der Waals surface area contributed by atoms with Gasteiger partial charge in [-0.15, -0.1) is 6.58 Å². The van der Waals surface area contributed by atoms with Crippen molar-refractivity contribution < 1.29 is 5.10 Å². The number of aromatic amines is 1. The summed E-state index contributed by atoms with van der Waals surface area (Å²) in [7, 11) is 0. The van der Waals surface area contributed by atoms with Gasteiger partial charge in [0.25, 0.3) is 5.13 Å². The maximum absolute atomic E-state index is 5.39. The summed E-state index contributed by atoms with van der Waals surface area (Å²) in [6.07, 6.45) is 1.84. The van der Waals surface area contributed by atoms with Crippen LogP contribution in [0.3, 0.4) is 0 Å². The Balaban J connectivity index is 2.49. The Morgan fingerprint density at radius 2 is 2.70 bits per heavy atom. The number of nitrogens with two attached hydrogens (primary N) is 1. The van der Waals surface area contributed by atoms with Crippen molar-refractivity contribution in [3.63, 3.8) is 0 Å². The number of nitrogen functional groups attached to an aromatic ring is 1. The van der Waals surface area contributed by atoms with Gasteiger partial charge in [0.1, 0.15) is 0 Å². The van der Waals surface area contributed by atoms with Crippen molar-refractivity contribution in [3.8, 4) is 0 Å². The van der Waals surface area contributed by atoms with Crippen LogP contribution in [-0.4, -0.2) is 10.9 Å². The van der Waals surface area contributed by atoms with Crippen molar-refractivity contribution >= 4 is 28.2 Å². The maximum atomic E-state index is 5.39. The van der Waals surface area contributed by atoms with Crippen LogP contribution in [0.25, 0.3) is 0 Å². The van der Waals surface area contributed by atoms with Crippen LogP contribution < -0.4 is 10.8 Å². The standard InChI is InChI=1S/C5H7N3S2/c1-2-3-9-5-8-7-4(6)10-5/h2H,1,3H2,(H2,6,7)/p+1. The summed E-state index contributed by atoms with van der Waals surface area (Å²) >= 11 is 3.10. The molecule has 5 heteroatoms. The first kappa shape index (κ1) is 7.56. The molecule has 0 aromatic carbocycles. The second-order valence-corrected chi connectivity index (χ2v) is 3.87. The Labute approximate surface area is 67.3 Å². The van der Waals surface area contributed by atoms with Crippen molar-refractivity contribution in [2.45, 2.75) is 4.34 Å². The van der Waals surface area contributed by atoms with Crippen LogP contribution in [0, 0.1) is 0 Å². The predicted molar refractivity (Wildman–Crippen MR) is 44.0 cm³/mol. The molecule has 1 heterocycles. The third kappa shape index (κ3) is 2.00. The molecule has 10 heavy (non-hydrogen) atoms. The molecule has 0 bridgehead atoms. The molecular weight excluding hydrogens is 166 g/mol. The number of aromatic nitrogens is 2. The molecule has 1 aromatic rings. The minimum absolute atomic E-state index is 0.576. The van der Waals surface area contributed by atoms with Crippen molar-refractivity contribution in [1.82, 2.24) is 5.10 Å². The minimum Gasteiger partial charge on any atom is -0.370 e. The van der Waals surface area contributed by atoms with Crippen LogP contribution in [-0.2, 0) is 0 Å². The summed E-state index contributed by atoms with van der Waals surface area (Å²) in [6, 6.07) is 0. The molecular formula is C5H8N3S2+. The third-order valence-corrected chi connectivity index (χ3v) is 2.72. The Morgan fingerprint density at radius 3 is 3.20 bits per heavy atom. The molecule has 0 radical (unpaired) electrons. The first-order valence-corrected chi connectivity index (χ1v) is 4.51. The summed E-state index contributed by atoms with van der Waals surface area (Å²) in [6.45, 7) is 3.60. The average molecular weight is 174 g/mol. The van der Waals surface area contributed by atoms with Crippen LogP contribution in [0.2, 0.25) is 0 Å². The molecule has 0 amide bonds.